The van der Waals surface area contributed by atoms with Gasteiger partial charge >= 0.3 is 0 Å². The summed E-state index contributed by atoms with van der Waals surface area (Å²) in [4.78, 5) is 4.36. The van der Waals surface area contributed by atoms with Crippen molar-refractivity contribution in [2.75, 3.05) is 5.75 Å². The molecule has 0 radical (unpaired) electrons. The number of imidazole rings is 1. The van der Waals surface area contributed by atoms with Gasteiger partial charge in [-0.2, -0.15) is 11.8 Å². The minimum absolute atomic E-state index is 0.318. The van der Waals surface area contributed by atoms with Gasteiger partial charge in [0.2, 0.25) is 0 Å². The van der Waals surface area contributed by atoms with Gasteiger partial charge in [-0.3, -0.25) is 11.3 Å². The first-order chi connectivity index (χ1) is 8.79. The van der Waals surface area contributed by atoms with Gasteiger partial charge in [0.05, 0.1) is 0 Å². The molecule has 0 amide bonds. The molecular formula is C13H24N4S. The van der Waals surface area contributed by atoms with Crippen LogP contribution in [0.3, 0.4) is 0 Å². The highest BCUT2D eigenvalue weighted by atomic mass is 32.2. The topological polar surface area (TPSA) is 55.9 Å². The van der Waals surface area contributed by atoms with Crippen LogP contribution in [-0.4, -0.2) is 26.6 Å². The number of hydrazine groups is 1. The van der Waals surface area contributed by atoms with E-state index in [0.29, 0.717) is 6.04 Å². The Bertz CT molecular complexity index is 347. The zero-order valence-corrected chi connectivity index (χ0v) is 12.0. The quantitative estimate of drug-likeness (QED) is 0.611. The Morgan fingerprint density at radius 3 is 2.89 bits per heavy atom. The molecule has 5 heteroatoms. The van der Waals surface area contributed by atoms with Gasteiger partial charge in [-0.25, -0.2) is 4.98 Å². The molecule has 1 atom stereocenters. The Balaban J connectivity index is 1.76. The Kier molecular flexibility index (Phi) is 5.53. The molecule has 3 N–H and O–H groups in total. The van der Waals surface area contributed by atoms with Crippen molar-refractivity contribution in [2.45, 2.75) is 49.8 Å². The number of nitrogens with two attached hydrogens (primary N) is 1. The summed E-state index contributed by atoms with van der Waals surface area (Å²) in [7, 11) is 2.03. The van der Waals surface area contributed by atoms with Gasteiger partial charge in [0.1, 0.15) is 5.82 Å². The van der Waals surface area contributed by atoms with E-state index in [1.165, 1.54) is 32.1 Å². The molecule has 0 bridgehead atoms. The van der Waals surface area contributed by atoms with Gasteiger partial charge in [0.25, 0.3) is 0 Å². The number of hydrogen-bond donors (Lipinski definition) is 2. The number of nitrogens with one attached hydrogen (secondary N) is 1. The fourth-order valence-corrected chi connectivity index (χ4v) is 3.85. The summed E-state index contributed by atoms with van der Waals surface area (Å²) >= 11 is 2.08. The van der Waals surface area contributed by atoms with Crippen molar-refractivity contribution >= 4 is 11.8 Å². The zero-order valence-electron chi connectivity index (χ0n) is 11.1. The first kappa shape index (κ1) is 13.9. The molecule has 1 heterocycles. The second-order valence-corrected chi connectivity index (χ2v) is 6.45. The molecule has 4 nitrogen and oxygen atoms in total. The average molecular weight is 268 g/mol. The Labute approximate surface area is 114 Å². The first-order valence-electron chi connectivity index (χ1n) is 6.83. The summed E-state index contributed by atoms with van der Waals surface area (Å²) in [6, 6.07) is 0.318. The van der Waals surface area contributed by atoms with E-state index in [1.807, 2.05) is 19.4 Å². The Morgan fingerprint density at radius 1 is 1.50 bits per heavy atom. The lowest BCUT2D eigenvalue weighted by Crippen LogP contribution is -2.39. The van der Waals surface area contributed by atoms with E-state index in [1.54, 1.807) is 0 Å². The average Bonchev–Trinajstić information content (AvgIpc) is 2.81. The van der Waals surface area contributed by atoms with Crippen molar-refractivity contribution in [1.29, 1.82) is 0 Å². The summed E-state index contributed by atoms with van der Waals surface area (Å²) in [5.41, 5.74) is 2.93. The van der Waals surface area contributed by atoms with Gasteiger partial charge in [0.15, 0.2) is 0 Å². The maximum Gasteiger partial charge on any atom is 0.110 e. The normalized spacial score (nSPS) is 19.0. The SMILES string of the molecule is Cn1ccnc1CC(CSC1CCCCC1)NN. The number of rotatable bonds is 6. The fourth-order valence-electron chi connectivity index (χ4n) is 2.46. The van der Waals surface area contributed by atoms with Crippen LogP contribution in [0.15, 0.2) is 12.4 Å². The highest BCUT2D eigenvalue weighted by Crippen LogP contribution is 2.28. The Morgan fingerprint density at radius 2 is 2.28 bits per heavy atom. The molecule has 102 valence electrons. The van der Waals surface area contributed by atoms with Crippen LogP contribution in [0.1, 0.15) is 37.9 Å². The Hall–Kier alpha value is -0.520. The van der Waals surface area contributed by atoms with E-state index in [2.05, 4.69) is 26.7 Å². The van der Waals surface area contributed by atoms with Crippen molar-refractivity contribution in [2.24, 2.45) is 12.9 Å². The number of aryl methyl sites for hydroxylation is 1. The van der Waals surface area contributed by atoms with E-state index in [4.69, 9.17) is 5.84 Å². The van der Waals surface area contributed by atoms with Crippen molar-refractivity contribution < 1.29 is 0 Å². The van der Waals surface area contributed by atoms with Crippen molar-refractivity contribution in [3.8, 4) is 0 Å². The summed E-state index contributed by atoms with van der Waals surface area (Å²) < 4.78 is 2.07. The molecule has 1 aliphatic rings. The van der Waals surface area contributed by atoms with Crippen LogP contribution >= 0.6 is 11.8 Å². The van der Waals surface area contributed by atoms with Crippen LogP contribution in [0, 0.1) is 0 Å². The van der Waals surface area contributed by atoms with Crippen LogP contribution in [0.25, 0.3) is 0 Å². The van der Waals surface area contributed by atoms with Gasteiger partial charge in [-0.05, 0) is 12.8 Å². The minimum atomic E-state index is 0.318. The van der Waals surface area contributed by atoms with Gasteiger partial charge in [0, 0.05) is 42.9 Å². The van der Waals surface area contributed by atoms with Crippen LogP contribution in [0.4, 0.5) is 0 Å². The summed E-state index contributed by atoms with van der Waals surface area (Å²) in [5, 5.41) is 0.843. The smallest absolute Gasteiger partial charge is 0.110 e. The summed E-state index contributed by atoms with van der Waals surface area (Å²) in [6.07, 6.45) is 11.7. The van der Waals surface area contributed by atoms with Gasteiger partial charge in [-0.1, -0.05) is 19.3 Å². The molecule has 18 heavy (non-hydrogen) atoms. The van der Waals surface area contributed by atoms with Crippen LogP contribution in [-0.2, 0) is 13.5 Å². The minimum Gasteiger partial charge on any atom is -0.338 e. The molecule has 2 rings (SSSR count). The second kappa shape index (κ2) is 7.16. The number of thioether (sulfide) groups is 1. The lowest BCUT2D eigenvalue weighted by Gasteiger charge is -2.23. The van der Waals surface area contributed by atoms with E-state index in [0.717, 1.165) is 23.2 Å². The lowest BCUT2D eigenvalue weighted by molar-refractivity contribution is 0.511. The molecule has 1 saturated carbocycles. The number of nitrogens with zero attached hydrogens (tertiary/aromatic N) is 2. The first-order valence-corrected chi connectivity index (χ1v) is 7.88. The summed E-state index contributed by atoms with van der Waals surface area (Å²) in [6.45, 7) is 0. The molecule has 0 saturated heterocycles. The van der Waals surface area contributed by atoms with Crippen molar-refractivity contribution in [1.82, 2.24) is 15.0 Å². The molecule has 1 aromatic rings. The van der Waals surface area contributed by atoms with E-state index in [9.17, 15) is 0 Å². The predicted octanol–water partition coefficient (Wildman–Crippen LogP) is 1.86. The molecule has 1 fully saturated rings. The van der Waals surface area contributed by atoms with Crippen LogP contribution in [0.5, 0.6) is 0 Å². The standard InChI is InChI=1S/C13H24N4S/c1-17-8-7-15-13(17)9-11(16-14)10-18-12-5-3-2-4-6-12/h7-8,11-12,16H,2-6,9-10,14H2,1H3. The van der Waals surface area contributed by atoms with Gasteiger partial charge in [-0.15, -0.1) is 0 Å². The fraction of sp³-hybridized carbons (Fsp3) is 0.769. The van der Waals surface area contributed by atoms with E-state index < -0.39 is 0 Å². The second-order valence-electron chi connectivity index (χ2n) is 5.12. The van der Waals surface area contributed by atoms with Gasteiger partial charge < -0.3 is 4.57 Å². The molecule has 1 aromatic heterocycles. The largest absolute Gasteiger partial charge is 0.338 e. The highest BCUT2D eigenvalue weighted by molar-refractivity contribution is 7.99. The molecule has 0 spiro atoms. The van der Waals surface area contributed by atoms with Crippen LogP contribution < -0.4 is 11.3 Å². The van der Waals surface area contributed by atoms with Crippen molar-refractivity contribution in [3.05, 3.63) is 18.2 Å². The third-order valence-corrected chi connectivity index (χ3v) is 5.21. The maximum atomic E-state index is 5.65. The third kappa shape index (κ3) is 4.00. The lowest BCUT2D eigenvalue weighted by atomic mass is 10.0. The number of aromatic nitrogens is 2. The monoisotopic (exact) mass is 268 g/mol. The highest BCUT2D eigenvalue weighted by Gasteiger charge is 2.17. The van der Waals surface area contributed by atoms with Crippen molar-refractivity contribution in [3.63, 3.8) is 0 Å². The van der Waals surface area contributed by atoms with Crippen LogP contribution in [0.2, 0.25) is 0 Å². The van der Waals surface area contributed by atoms with E-state index >= 15 is 0 Å². The molecule has 1 unspecified atom stereocenters. The van der Waals surface area contributed by atoms with E-state index in [-0.39, 0.29) is 0 Å². The molecule has 1 aliphatic carbocycles. The molecule has 0 aliphatic heterocycles. The third-order valence-electron chi connectivity index (χ3n) is 3.67. The predicted molar refractivity (Wildman–Crippen MR) is 77.4 cm³/mol. The maximum absolute atomic E-state index is 5.65. The zero-order chi connectivity index (χ0) is 12.8. The molecular weight excluding hydrogens is 244 g/mol. The summed E-state index contributed by atoms with van der Waals surface area (Å²) in [5.74, 6) is 7.83. The molecule has 0 aromatic carbocycles. The number of hydrogen-bond acceptors (Lipinski definition) is 4.